The first-order chi connectivity index (χ1) is 13.6. The molecule has 3 rings (SSSR count). The van der Waals surface area contributed by atoms with Crippen LogP contribution in [-0.4, -0.2) is 38.2 Å². The van der Waals surface area contributed by atoms with Gasteiger partial charge in [-0.3, -0.25) is 9.89 Å². The summed E-state index contributed by atoms with van der Waals surface area (Å²) in [7, 11) is 1.74. The second kappa shape index (κ2) is 8.90. The molecular weight excluding hydrogens is 354 g/mol. The summed E-state index contributed by atoms with van der Waals surface area (Å²) in [6.07, 6.45) is 6.61. The molecule has 8 nitrogen and oxygen atoms in total. The first kappa shape index (κ1) is 19.2. The number of allylic oxidation sites excluding steroid dienone is 1. The normalized spacial score (nSPS) is 11.4. The van der Waals surface area contributed by atoms with E-state index >= 15 is 0 Å². The number of hydrogen-bond donors (Lipinski definition) is 3. The first-order valence-corrected chi connectivity index (χ1v) is 9.12. The van der Waals surface area contributed by atoms with E-state index in [0.717, 1.165) is 29.8 Å². The minimum Gasteiger partial charge on any atom is -0.392 e. The van der Waals surface area contributed by atoms with E-state index in [0.29, 0.717) is 23.6 Å². The predicted octanol–water partition coefficient (Wildman–Crippen LogP) is 2.24. The van der Waals surface area contributed by atoms with E-state index in [1.165, 1.54) is 17.0 Å². The fraction of sp³-hybridized carbons (Fsp3) is 0.250. The van der Waals surface area contributed by atoms with Crippen LogP contribution in [0.4, 0.5) is 0 Å². The van der Waals surface area contributed by atoms with Crippen LogP contribution < -0.4 is 10.7 Å². The van der Waals surface area contributed by atoms with Gasteiger partial charge < -0.3 is 10.7 Å². The number of aryl methyl sites for hydroxylation is 1. The van der Waals surface area contributed by atoms with Gasteiger partial charge in [0.1, 0.15) is 11.5 Å². The Kier molecular flexibility index (Phi) is 6.11. The molecule has 3 N–H and O–H groups in total. The number of nitrogens with zero attached hydrogens (tertiary/aromatic N) is 4. The molecule has 2 aromatic heterocycles. The van der Waals surface area contributed by atoms with Crippen LogP contribution in [0.5, 0.6) is 0 Å². The number of aromatic amines is 1. The summed E-state index contributed by atoms with van der Waals surface area (Å²) >= 11 is 0. The lowest BCUT2D eigenvalue weighted by Crippen LogP contribution is -2.18. The Morgan fingerprint density at radius 2 is 2.21 bits per heavy atom. The molecule has 0 aliphatic carbocycles. The molecule has 0 bridgehead atoms. The largest absolute Gasteiger partial charge is 0.392 e. The summed E-state index contributed by atoms with van der Waals surface area (Å²) in [5.74, 6) is 1.51. The Morgan fingerprint density at radius 1 is 1.36 bits per heavy atom. The van der Waals surface area contributed by atoms with E-state index in [1.807, 2.05) is 24.3 Å². The molecule has 0 atom stereocenters. The van der Waals surface area contributed by atoms with Crippen LogP contribution >= 0.6 is 0 Å². The van der Waals surface area contributed by atoms with Crippen molar-refractivity contribution in [2.45, 2.75) is 26.2 Å². The third kappa shape index (κ3) is 4.40. The molecule has 0 unspecified atom stereocenters. The molecule has 28 heavy (non-hydrogen) atoms. The number of benzene rings is 1. The van der Waals surface area contributed by atoms with Crippen molar-refractivity contribution >= 4 is 11.9 Å². The van der Waals surface area contributed by atoms with Crippen molar-refractivity contribution in [3.63, 3.8) is 0 Å². The summed E-state index contributed by atoms with van der Waals surface area (Å²) in [5, 5.41) is 22.0. The quantitative estimate of drug-likeness (QED) is 0.521. The molecule has 0 fully saturated rings. The van der Waals surface area contributed by atoms with Gasteiger partial charge in [-0.05, 0) is 18.1 Å². The lowest BCUT2D eigenvalue weighted by Gasteiger charge is -2.08. The van der Waals surface area contributed by atoms with Gasteiger partial charge in [0.2, 0.25) is 5.43 Å². The molecule has 0 saturated heterocycles. The lowest BCUT2D eigenvalue weighted by atomic mass is 10.1. The highest BCUT2D eigenvalue weighted by molar-refractivity contribution is 5.99. The van der Waals surface area contributed by atoms with E-state index < -0.39 is 0 Å². The molecule has 0 aliphatic heterocycles. The van der Waals surface area contributed by atoms with Gasteiger partial charge in [0.05, 0.1) is 5.70 Å². The highest BCUT2D eigenvalue weighted by Gasteiger charge is 2.09. The van der Waals surface area contributed by atoms with Crippen LogP contribution in [0, 0.1) is 5.41 Å². The third-order valence-electron chi connectivity index (χ3n) is 4.16. The van der Waals surface area contributed by atoms with Crippen molar-refractivity contribution in [2.24, 2.45) is 0 Å². The number of rotatable bonds is 8. The van der Waals surface area contributed by atoms with E-state index in [2.05, 4.69) is 32.5 Å². The molecule has 8 heteroatoms. The van der Waals surface area contributed by atoms with Gasteiger partial charge in [0.15, 0.2) is 5.82 Å². The van der Waals surface area contributed by atoms with Crippen LogP contribution in [0.25, 0.3) is 17.1 Å². The van der Waals surface area contributed by atoms with Gasteiger partial charge in [-0.15, -0.1) is 0 Å². The van der Waals surface area contributed by atoms with Gasteiger partial charge in [0.25, 0.3) is 0 Å². The highest BCUT2D eigenvalue weighted by atomic mass is 16.1. The topological polar surface area (TPSA) is 112 Å². The minimum atomic E-state index is -0.140. The molecule has 0 spiro atoms. The Labute approximate surface area is 162 Å². The van der Waals surface area contributed by atoms with Gasteiger partial charge in [0, 0.05) is 50.1 Å². The number of aromatic nitrogens is 5. The lowest BCUT2D eigenvalue weighted by molar-refractivity contribution is 0.812. The molecule has 0 saturated carbocycles. The van der Waals surface area contributed by atoms with Crippen LogP contribution in [0.15, 0.2) is 47.5 Å². The van der Waals surface area contributed by atoms with Crippen LogP contribution in [-0.2, 0) is 12.8 Å². The summed E-state index contributed by atoms with van der Waals surface area (Å²) in [5.41, 5.74) is 2.63. The Balaban J connectivity index is 1.88. The van der Waals surface area contributed by atoms with Gasteiger partial charge in [-0.1, -0.05) is 25.1 Å². The SMILES string of the molecule is CCCc1nc(-c2cccc(Cc3nn(/C(C=N)=C/NC)ccc3=O)c2)n[nH]1. The molecule has 0 aliphatic rings. The van der Waals surface area contributed by atoms with Crippen molar-refractivity contribution in [3.8, 4) is 11.4 Å². The maximum absolute atomic E-state index is 12.3. The molecule has 1 aromatic carbocycles. The van der Waals surface area contributed by atoms with E-state index in [4.69, 9.17) is 5.41 Å². The highest BCUT2D eigenvalue weighted by Crippen LogP contribution is 2.18. The fourth-order valence-corrected chi connectivity index (χ4v) is 2.82. The Morgan fingerprint density at radius 3 is 2.96 bits per heavy atom. The van der Waals surface area contributed by atoms with Crippen molar-refractivity contribution < 1.29 is 0 Å². The maximum Gasteiger partial charge on any atom is 0.203 e. The van der Waals surface area contributed by atoms with Crippen molar-refractivity contribution in [1.82, 2.24) is 30.3 Å². The molecule has 144 valence electrons. The molecule has 2 heterocycles. The summed E-state index contributed by atoms with van der Waals surface area (Å²) in [4.78, 5) is 16.8. The molecule has 0 radical (unpaired) electrons. The summed E-state index contributed by atoms with van der Waals surface area (Å²) in [6.45, 7) is 2.10. The summed E-state index contributed by atoms with van der Waals surface area (Å²) in [6, 6.07) is 9.25. The van der Waals surface area contributed by atoms with Crippen LogP contribution in [0.2, 0.25) is 0 Å². The Hall–Kier alpha value is -3.55. The fourth-order valence-electron chi connectivity index (χ4n) is 2.82. The first-order valence-electron chi connectivity index (χ1n) is 9.12. The van der Waals surface area contributed by atoms with E-state index in [9.17, 15) is 4.79 Å². The smallest absolute Gasteiger partial charge is 0.203 e. The van der Waals surface area contributed by atoms with E-state index in [-0.39, 0.29) is 5.43 Å². The zero-order chi connectivity index (χ0) is 19.9. The monoisotopic (exact) mass is 377 g/mol. The van der Waals surface area contributed by atoms with Crippen molar-refractivity contribution in [1.29, 1.82) is 5.41 Å². The van der Waals surface area contributed by atoms with E-state index in [1.54, 1.807) is 19.4 Å². The van der Waals surface area contributed by atoms with Crippen molar-refractivity contribution in [3.05, 3.63) is 70.0 Å². The minimum absolute atomic E-state index is 0.140. The third-order valence-corrected chi connectivity index (χ3v) is 4.16. The van der Waals surface area contributed by atoms with Gasteiger partial charge in [-0.25, -0.2) is 9.67 Å². The van der Waals surface area contributed by atoms with Crippen LogP contribution in [0.1, 0.15) is 30.4 Å². The number of H-pyrrole nitrogens is 1. The second-order valence-electron chi connectivity index (χ2n) is 6.31. The van der Waals surface area contributed by atoms with Crippen molar-refractivity contribution in [2.75, 3.05) is 7.05 Å². The average molecular weight is 377 g/mol. The Bertz CT molecular complexity index is 1050. The maximum atomic E-state index is 12.3. The summed E-state index contributed by atoms with van der Waals surface area (Å²) < 4.78 is 1.51. The number of nitrogens with one attached hydrogen (secondary N) is 3. The zero-order valence-electron chi connectivity index (χ0n) is 15.9. The number of hydrogen-bond acceptors (Lipinski definition) is 6. The zero-order valence-corrected chi connectivity index (χ0v) is 15.9. The standard InChI is InChI=1S/C20H23N7O/c1-3-5-19-23-20(25-24-19)15-7-4-6-14(10-15)11-17-18(28)8-9-27(26-17)16(12-21)13-22-2/h4,6-10,12-13,21-22H,3,5,11H2,1-2H3,(H,23,24,25)/b16-13+,21-12?. The molecule has 3 aromatic rings. The van der Waals surface area contributed by atoms with Crippen LogP contribution in [0.3, 0.4) is 0 Å². The molecule has 0 amide bonds. The second-order valence-corrected chi connectivity index (χ2v) is 6.31. The average Bonchev–Trinajstić information content (AvgIpc) is 3.17. The van der Waals surface area contributed by atoms with Gasteiger partial charge in [-0.2, -0.15) is 10.2 Å². The van der Waals surface area contributed by atoms with Gasteiger partial charge >= 0.3 is 0 Å². The molecular formula is C20H23N7O. The predicted molar refractivity (Wildman–Crippen MR) is 109 cm³/mol.